The molecule has 1 heterocycles. The first-order valence-corrected chi connectivity index (χ1v) is 7.62. The van der Waals surface area contributed by atoms with E-state index in [2.05, 4.69) is 24.1 Å². The summed E-state index contributed by atoms with van der Waals surface area (Å²) in [7, 11) is 3.66. The number of nitrogens with one attached hydrogen (secondary N) is 1. The second-order valence-electron chi connectivity index (χ2n) is 6.38. The van der Waals surface area contributed by atoms with Crippen LogP contribution in [-0.4, -0.2) is 62.5 Å². The van der Waals surface area contributed by atoms with E-state index in [0.717, 1.165) is 44.6 Å². The molecule has 0 bridgehead atoms. The van der Waals surface area contributed by atoms with Crippen molar-refractivity contribution in [1.82, 2.24) is 15.1 Å². The molecule has 1 aliphatic rings. The fourth-order valence-electron chi connectivity index (χ4n) is 2.47. The summed E-state index contributed by atoms with van der Waals surface area (Å²) >= 11 is 0. The maximum atomic E-state index is 11.5. The third-order valence-corrected chi connectivity index (χ3v) is 3.83. The molecule has 1 saturated heterocycles. The topological polar surface area (TPSA) is 35.6 Å². The van der Waals surface area contributed by atoms with Crippen LogP contribution >= 0.6 is 0 Å². The van der Waals surface area contributed by atoms with E-state index >= 15 is 0 Å². The standard InChI is InChI=1S/C15H31N3O/c1-13(2)11-16-12-14-5-8-18(9-6-14)10-7-15(19)17(3)4/h13-14,16H,5-12H2,1-4H3. The number of piperidine rings is 1. The lowest BCUT2D eigenvalue weighted by atomic mass is 9.96. The van der Waals surface area contributed by atoms with Gasteiger partial charge in [0.1, 0.15) is 0 Å². The van der Waals surface area contributed by atoms with Crippen LogP contribution in [0.1, 0.15) is 33.1 Å². The molecule has 0 saturated carbocycles. The van der Waals surface area contributed by atoms with Gasteiger partial charge in [0, 0.05) is 27.1 Å². The van der Waals surface area contributed by atoms with Crippen LogP contribution in [-0.2, 0) is 4.79 Å². The maximum Gasteiger partial charge on any atom is 0.223 e. The highest BCUT2D eigenvalue weighted by atomic mass is 16.2. The van der Waals surface area contributed by atoms with Crippen LogP contribution in [0.4, 0.5) is 0 Å². The van der Waals surface area contributed by atoms with Crippen molar-refractivity contribution in [2.24, 2.45) is 11.8 Å². The molecule has 1 aliphatic heterocycles. The third kappa shape index (κ3) is 6.92. The molecule has 1 rings (SSSR count). The van der Waals surface area contributed by atoms with Crippen LogP contribution in [0.5, 0.6) is 0 Å². The van der Waals surface area contributed by atoms with Crippen molar-refractivity contribution in [2.75, 3.05) is 46.8 Å². The SMILES string of the molecule is CC(C)CNCC1CCN(CCC(=O)N(C)C)CC1. The van der Waals surface area contributed by atoms with Crippen molar-refractivity contribution < 1.29 is 4.79 Å². The Bertz CT molecular complexity index is 258. The highest BCUT2D eigenvalue weighted by molar-refractivity contribution is 5.75. The van der Waals surface area contributed by atoms with Crippen molar-refractivity contribution >= 4 is 5.91 Å². The molecule has 0 aromatic rings. The van der Waals surface area contributed by atoms with Gasteiger partial charge in [-0.2, -0.15) is 0 Å². The summed E-state index contributed by atoms with van der Waals surface area (Å²) in [5.41, 5.74) is 0. The Balaban J connectivity index is 2.10. The summed E-state index contributed by atoms with van der Waals surface area (Å²) in [5, 5.41) is 3.56. The lowest BCUT2D eigenvalue weighted by Crippen LogP contribution is -2.39. The summed E-state index contributed by atoms with van der Waals surface area (Å²) in [6.45, 7) is 9.99. The van der Waals surface area contributed by atoms with Crippen LogP contribution in [0.3, 0.4) is 0 Å². The lowest BCUT2D eigenvalue weighted by molar-refractivity contribution is -0.129. The smallest absolute Gasteiger partial charge is 0.223 e. The van der Waals surface area contributed by atoms with Crippen molar-refractivity contribution in [3.63, 3.8) is 0 Å². The van der Waals surface area contributed by atoms with Gasteiger partial charge in [-0.1, -0.05) is 13.8 Å². The Kier molecular flexibility index (Phi) is 7.39. The molecule has 4 heteroatoms. The minimum atomic E-state index is 0.237. The number of hydrogen-bond donors (Lipinski definition) is 1. The summed E-state index contributed by atoms with van der Waals surface area (Å²) in [6.07, 6.45) is 3.19. The van der Waals surface area contributed by atoms with Gasteiger partial charge in [0.25, 0.3) is 0 Å². The summed E-state index contributed by atoms with van der Waals surface area (Å²) in [4.78, 5) is 15.7. The molecule has 0 unspecified atom stereocenters. The largest absolute Gasteiger partial charge is 0.349 e. The van der Waals surface area contributed by atoms with E-state index in [1.165, 1.54) is 12.8 Å². The Hall–Kier alpha value is -0.610. The van der Waals surface area contributed by atoms with Crippen molar-refractivity contribution in [3.05, 3.63) is 0 Å². The van der Waals surface area contributed by atoms with Gasteiger partial charge < -0.3 is 15.1 Å². The van der Waals surface area contributed by atoms with Gasteiger partial charge in [-0.05, 0) is 50.9 Å². The van der Waals surface area contributed by atoms with E-state index in [0.29, 0.717) is 6.42 Å². The number of hydrogen-bond acceptors (Lipinski definition) is 3. The first-order chi connectivity index (χ1) is 8.99. The minimum absolute atomic E-state index is 0.237. The Labute approximate surface area is 118 Å². The third-order valence-electron chi connectivity index (χ3n) is 3.83. The molecule has 1 fully saturated rings. The average molecular weight is 269 g/mol. The van der Waals surface area contributed by atoms with E-state index < -0.39 is 0 Å². The second kappa shape index (κ2) is 8.54. The van der Waals surface area contributed by atoms with Gasteiger partial charge in [-0.25, -0.2) is 0 Å². The first kappa shape index (κ1) is 16.4. The Morgan fingerprint density at radius 3 is 2.47 bits per heavy atom. The molecular formula is C15H31N3O. The van der Waals surface area contributed by atoms with Crippen molar-refractivity contribution in [2.45, 2.75) is 33.1 Å². The minimum Gasteiger partial charge on any atom is -0.349 e. The normalized spacial score (nSPS) is 17.9. The van der Waals surface area contributed by atoms with Crippen LogP contribution in [0.25, 0.3) is 0 Å². The van der Waals surface area contributed by atoms with Gasteiger partial charge in [-0.3, -0.25) is 4.79 Å². The van der Waals surface area contributed by atoms with E-state index in [4.69, 9.17) is 0 Å². The van der Waals surface area contributed by atoms with Gasteiger partial charge in [0.15, 0.2) is 0 Å². The fraction of sp³-hybridized carbons (Fsp3) is 0.933. The molecule has 0 aliphatic carbocycles. The fourth-order valence-corrected chi connectivity index (χ4v) is 2.47. The van der Waals surface area contributed by atoms with Crippen LogP contribution in [0.15, 0.2) is 0 Å². The molecule has 0 aromatic heterocycles. The number of carbonyl (C=O) groups is 1. The van der Waals surface area contributed by atoms with Crippen LogP contribution < -0.4 is 5.32 Å². The molecule has 19 heavy (non-hydrogen) atoms. The van der Waals surface area contributed by atoms with Crippen molar-refractivity contribution in [1.29, 1.82) is 0 Å². The second-order valence-corrected chi connectivity index (χ2v) is 6.38. The summed E-state index contributed by atoms with van der Waals surface area (Å²) in [5.74, 6) is 1.79. The van der Waals surface area contributed by atoms with E-state index in [1.54, 1.807) is 4.90 Å². The van der Waals surface area contributed by atoms with Gasteiger partial charge in [-0.15, -0.1) is 0 Å². The van der Waals surface area contributed by atoms with Crippen LogP contribution in [0, 0.1) is 11.8 Å². The number of rotatable bonds is 7. The molecule has 0 atom stereocenters. The molecule has 112 valence electrons. The number of carbonyl (C=O) groups excluding carboxylic acids is 1. The summed E-state index contributed by atoms with van der Waals surface area (Å²) in [6, 6.07) is 0. The summed E-state index contributed by atoms with van der Waals surface area (Å²) < 4.78 is 0. The van der Waals surface area contributed by atoms with E-state index in [-0.39, 0.29) is 5.91 Å². The molecule has 0 radical (unpaired) electrons. The first-order valence-electron chi connectivity index (χ1n) is 7.62. The zero-order valence-corrected chi connectivity index (χ0v) is 13.1. The lowest BCUT2D eigenvalue weighted by Gasteiger charge is -2.32. The molecule has 0 spiro atoms. The van der Waals surface area contributed by atoms with Crippen LogP contribution in [0.2, 0.25) is 0 Å². The monoisotopic (exact) mass is 269 g/mol. The molecule has 4 nitrogen and oxygen atoms in total. The van der Waals surface area contributed by atoms with E-state index in [1.807, 2.05) is 14.1 Å². The van der Waals surface area contributed by atoms with E-state index in [9.17, 15) is 4.79 Å². The van der Waals surface area contributed by atoms with Gasteiger partial charge in [0.2, 0.25) is 5.91 Å². The van der Waals surface area contributed by atoms with Gasteiger partial charge >= 0.3 is 0 Å². The van der Waals surface area contributed by atoms with Gasteiger partial charge in [0.05, 0.1) is 0 Å². The molecule has 0 aromatic carbocycles. The molecular weight excluding hydrogens is 238 g/mol. The Morgan fingerprint density at radius 2 is 1.95 bits per heavy atom. The number of nitrogens with zero attached hydrogens (tertiary/aromatic N) is 2. The number of likely N-dealkylation sites (tertiary alicyclic amines) is 1. The number of amides is 1. The van der Waals surface area contributed by atoms with Crippen molar-refractivity contribution in [3.8, 4) is 0 Å². The Morgan fingerprint density at radius 1 is 1.32 bits per heavy atom. The predicted molar refractivity (Wildman–Crippen MR) is 80.2 cm³/mol. The highest BCUT2D eigenvalue weighted by Crippen LogP contribution is 2.16. The molecule has 1 N–H and O–H groups in total. The molecule has 1 amide bonds. The average Bonchev–Trinajstić information content (AvgIpc) is 2.37. The zero-order valence-electron chi connectivity index (χ0n) is 13.1. The highest BCUT2D eigenvalue weighted by Gasteiger charge is 2.19. The quantitative estimate of drug-likeness (QED) is 0.759. The zero-order chi connectivity index (χ0) is 14.3. The predicted octanol–water partition coefficient (Wildman–Crippen LogP) is 1.42. The maximum absolute atomic E-state index is 11.5.